The summed E-state index contributed by atoms with van der Waals surface area (Å²) in [5.41, 5.74) is 3.03. The van der Waals surface area contributed by atoms with Gasteiger partial charge in [0.25, 0.3) is 5.91 Å². The second kappa shape index (κ2) is 6.54. The SMILES string of the molecule is CO[C@@H](C(=O)N1CCCC1c1cn(C)nc1C)c1ccccc1. The lowest BCUT2D eigenvalue weighted by molar-refractivity contribution is -0.143. The Morgan fingerprint density at radius 1 is 1.35 bits per heavy atom. The minimum atomic E-state index is -0.547. The molecule has 0 spiro atoms. The molecule has 23 heavy (non-hydrogen) atoms. The van der Waals surface area contributed by atoms with Crippen LogP contribution in [0.15, 0.2) is 36.5 Å². The lowest BCUT2D eigenvalue weighted by atomic mass is 10.0. The molecule has 0 bridgehead atoms. The van der Waals surface area contributed by atoms with E-state index in [1.807, 2.05) is 60.1 Å². The highest BCUT2D eigenvalue weighted by Gasteiger charge is 2.36. The molecular weight excluding hydrogens is 290 g/mol. The number of nitrogens with zero attached hydrogens (tertiary/aromatic N) is 3. The van der Waals surface area contributed by atoms with Crippen LogP contribution in [-0.4, -0.2) is 34.2 Å². The number of hydrogen-bond acceptors (Lipinski definition) is 3. The summed E-state index contributed by atoms with van der Waals surface area (Å²) in [4.78, 5) is 15.0. The molecule has 2 heterocycles. The third-order valence-electron chi connectivity index (χ3n) is 4.51. The van der Waals surface area contributed by atoms with Gasteiger partial charge in [-0.05, 0) is 25.3 Å². The van der Waals surface area contributed by atoms with Gasteiger partial charge in [-0.2, -0.15) is 5.10 Å². The van der Waals surface area contributed by atoms with Gasteiger partial charge in [-0.15, -0.1) is 0 Å². The molecular formula is C18H23N3O2. The van der Waals surface area contributed by atoms with Crippen molar-refractivity contribution < 1.29 is 9.53 Å². The summed E-state index contributed by atoms with van der Waals surface area (Å²) >= 11 is 0. The molecule has 3 rings (SSSR count). The summed E-state index contributed by atoms with van der Waals surface area (Å²) in [6, 6.07) is 9.78. The van der Waals surface area contributed by atoms with Crippen molar-refractivity contribution in [3.05, 3.63) is 53.3 Å². The van der Waals surface area contributed by atoms with Gasteiger partial charge in [-0.1, -0.05) is 30.3 Å². The number of amides is 1. The van der Waals surface area contributed by atoms with Crippen molar-refractivity contribution >= 4 is 5.91 Å². The van der Waals surface area contributed by atoms with Crippen molar-refractivity contribution in [3.8, 4) is 0 Å². The van der Waals surface area contributed by atoms with E-state index >= 15 is 0 Å². The molecule has 2 atom stereocenters. The van der Waals surface area contributed by atoms with Crippen molar-refractivity contribution in [3.63, 3.8) is 0 Å². The molecule has 122 valence electrons. The van der Waals surface area contributed by atoms with Crippen LogP contribution >= 0.6 is 0 Å². The van der Waals surface area contributed by atoms with Crippen LogP contribution in [0.2, 0.25) is 0 Å². The zero-order valence-electron chi connectivity index (χ0n) is 13.9. The summed E-state index contributed by atoms with van der Waals surface area (Å²) in [6.07, 6.45) is 3.46. The maximum atomic E-state index is 13.1. The molecule has 1 amide bonds. The van der Waals surface area contributed by atoms with Crippen LogP contribution < -0.4 is 0 Å². The van der Waals surface area contributed by atoms with Crippen LogP contribution in [0, 0.1) is 6.92 Å². The zero-order chi connectivity index (χ0) is 16.4. The van der Waals surface area contributed by atoms with Gasteiger partial charge in [-0.25, -0.2) is 0 Å². The smallest absolute Gasteiger partial charge is 0.256 e. The number of carbonyl (C=O) groups excluding carboxylic acids is 1. The van der Waals surface area contributed by atoms with E-state index in [1.54, 1.807) is 7.11 Å². The van der Waals surface area contributed by atoms with Crippen LogP contribution in [0.4, 0.5) is 0 Å². The van der Waals surface area contributed by atoms with E-state index < -0.39 is 6.10 Å². The fraction of sp³-hybridized carbons (Fsp3) is 0.444. The zero-order valence-corrected chi connectivity index (χ0v) is 13.9. The number of likely N-dealkylation sites (tertiary alicyclic amines) is 1. The minimum Gasteiger partial charge on any atom is -0.367 e. The molecule has 5 nitrogen and oxygen atoms in total. The molecule has 1 aromatic heterocycles. The summed E-state index contributed by atoms with van der Waals surface area (Å²) < 4.78 is 7.33. The molecule has 0 radical (unpaired) electrons. The van der Waals surface area contributed by atoms with Crippen molar-refractivity contribution in [1.82, 2.24) is 14.7 Å². The van der Waals surface area contributed by atoms with E-state index in [4.69, 9.17) is 4.74 Å². The summed E-state index contributed by atoms with van der Waals surface area (Å²) in [5.74, 6) is 0.0319. The highest BCUT2D eigenvalue weighted by atomic mass is 16.5. The molecule has 2 aromatic rings. The average molecular weight is 313 g/mol. The molecule has 1 aliphatic heterocycles. The van der Waals surface area contributed by atoms with Crippen LogP contribution in [0.25, 0.3) is 0 Å². The maximum Gasteiger partial charge on any atom is 0.256 e. The van der Waals surface area contributed by atoms with E-state index in [0.29, 0.717) is 0 Å². The van der Waals surface area contributed by atoms with E-state index in [2.05, 4.69) is 5.10 Å². The van der Waals surface area contributed by atoms with E-state index in [0.717, 1.165) is 36.2 Å². The van der Waals surface area contributed by atoms with E-state index in [-0.39, 0.29) is 11.9 Å². The van der Waals surface area contributed by atoms with Gasteiger partial charge in [0.15, 0.2) is 6.10 Å². The fourth-order valence-electron chi connectivity index (χ4n) is 3.46. The first kappa shape index (κ1) is 15.7. The fourth-order valence-corrected chi connectivity index (χ4v) is 3.46. The highest BCUT2D eigenvalue weighted by Crippen LogP contribution is 2.35. The number of aryl methyl sites for hydroxylation is 2. The van der Waals surface area contributed by atoms with E-state index in [9.17, 15) is 4.79 Å². The Balaban J connectivity index is 1.87. The molecule has 1 aromatic carbocycles. The Labute approximate surface area is 136 Å². The first-order valence-electron chi connectivity index (χ1n) is 8.00. The van der Waals surface area contributed by atoms with Crippen molar-refractivity contribution in [2.45, 2.75) is 31.9 Å². The molecule has 0 saturated carbocycles. The van der Waals surface area contributed by atoms with Crippen molar-refractivity contribution in [2.75, 3.05) is 13.7 Å². The second-order valence-corrected chi connectivity index (χ2v) is 6.06. The topological polar surface area (TPSA) is 47.4 Å². The summed E-state index contributed by atoms with van der Waals surface area (Å²) in [6.45, 7) is 2.77. The summed E-state index contributed by atoms with van der Waals surface area (Å²) in [7, 11) is 3.51. The average Bonchev–Trinajstić information content (AvgIpc) is 3.15. The predicted molar refractivity (Wildman–Crippen MR) is 87.8 cm³/mol. The molecule has 1 unspecified atom stereocenters. The Morgan fingerprint density at radius 3 is 2.70 bits per heavy atom. The quantitative estimate of drug-likeness (QED) is 0.872. The minimum absolute atomic E-state index is 0.0319. The number of benzene rings is 1. The van der Waals surface area contributed by atoms with Crippen LogP contribution in [0.5, 0.6) is 0 Å². The maximum absolute atomic E-state index is 13.1. The van der Waals surface area contributed by atoms with Crippen molar-refractivity contribution in [2.24, 2.45) is 7.05 Å². The summed E-state index contributed by atoms with van der Waals surface area (Å²) in [5, 5.41) is 4.42. The molecule has 0 aliphatic carbocycles. The Morgan fingerprint density at radius 2 is 2.09 bits per heavy atom. The second-order valence-electron chi connectivity index (χ2n) is 6.06. The van der Waals surface area contributed by atoms with Gasteiger partial charge in [0, 0.05) is 32.5 Å². The van der Waals surface area contributed by atoms with Gasteiger partial charge in [0.2, 0.25) is 0 Å². The normalized spacial score (nSPS) is 19.1. The van der Waals surface area contributed by atoms with Gasteiger partial charge in [0.05, 0.1) is 11.7 Å². The predicted octanol–water partition coefficient (Wildman–Crippen LogP) is 2.78. The standard InChI is InChI=1S/C18H23N3O2/c1-13-15(12-20(2)19-13)16-10-7-11-21(16)18(22)17(23-3)14-8-5-4-6-9-14/h4-6,8-9,12,16-17H,7,10-11H2,1-3H3/t16?,17-/m1/s1. The van der Waals surface area contributed by atoms with Gasteiger partial charge in [0.1, 0.15) is 0 Å². The number of carbonyl (C=O) groups is 1. The van der Waals surface area contributed by atoms with Crippen LogP contribution in [0.1, 0.15) is 41.8 Å². The van der Waals surface area contributed by atoms with Crippen molar-refractivity contribution in [1.29, 1.82) is 0 Å². The van der Waals surface area contributed by atoms with Crippen LogP contribution in [-0.2, 0) is 16.6 Å². The first-order valence-corrected chi connectivity index (χ1v) is 8.00. The number of hydrogen-bond donors (Lipinski definition) is 0. The Kier molecular flexibility index (Phi) is 4.48. The number of rotatable bonds is 4. The number of aromatic nitrogens is 2. The lowest BCUT2D eigenvalue weighted by Gasteiger charge is -2.28. The van der Waals surface area contributed by atoms with Crippen LogP contribution in [0.3, 0.4) is 0 Å². The first-order chi connectivity index (χ1) is 11.1. The molecule has 1 aliphatic rings. The third kappa shape index (κ3) is 3.01. The van der Waals surface area contributed by atoms with Gasteiger partial charge < -0.3 is 9.64 Å². The highest BCUT2D eigenvalue weighted by molar-refractivity contribution is 5.83. The molecule has 0 N–H and O–H groups in total. The molecule has 5 heteroatoms. The largest absolute Gasteiger partial charge is 0.367 e. The number of ether oxygens (including phenoxy) is 1. The lowest BCUT2D eigenvalue weighted by Crippen LogP contribution is -2.35. The Hall–Kier alpha value is -2.14. The Bertz CT molecular complexity index is 681. The number of methoxy groups -OCH3 is 1. The third-order valence-corrected chi connectivity index (χ3v) is 4.51. The van der Waals surface area contributed by atoms with Gasteiger partial charge >= 0.3 is 0 Å². The molecule has 1 saturated heterocycles. The van der Waals surface area contributed by atoms with Gasteiger partial charge in [-0.3, -0.25) is 9.48 Å². The molecule has 1 fully saturated rings. The van der Waals surface area contributed by atoms with E-state index in [1.165, 1.54) is 0 Å². The monoisotopic (exact) mass is 313 g/mol.